The van der Waals surface area contributed by atoms with E-state index in [-0.39, 0.29) is 11.9 Å². The molecule has 0 spiro atoms. The molecule has 0 heterocycles. The third-order valence-electron chi connectivity index (χ3n) is 3.01. The molecular weight excluding hydrogens is 309 g/mol. The smallest absolute Gasteiger partial charge is 0.189 e. The highest BCUT2D eigenvalue weighted by molar-refractivity contribution is 9.10. The van der Waals surface area contributed by atoms with Crippen LogP contribution < -0.4 is 11.1 Å². The number of nitrogens with two attached hydrogens (primary N) is 1. The van der Waals surface area contributed by atoms with Crippen LogP contribution in [0.15, 0.2) is 39.8 Å². The van der Waals surface area contributed by atoms with Gasteiger partial charge in [0.05, 0.1) is 11.0 Å². The monoisotopic (exact) mass is 325 g/mol. The molecule has 1 saturated carbocycles. The lowest BCUT2D eigenvalue weighted by molar-refractivity contribution is 0.618. The Morgan fingerprint density at radius 3 is 3.00 bits per heavy atom. The van der Waals surface area contributed by atoms with Crippen molar-refractivity contribution in [2.45, 2.75) is 25.3 Å². The van der Waals surface area contributed by atoms with E-state index in [1.54, 1.807) is 12.1 Å². The molecule has 0 radical (unpaired) electrons. The molecule has 2 rings (SSSR count). The van der Waals surface area contributed by atoms with Crippen LogP contribution in [0.3, 0.4) is 0 Å². The average molecular weight is 326 g/mol. The molecule has 1 aromatic rings. The normalized spacial score (nSPS) is 22.2. The van der Waals surface area contributed by atoms with E-state index in [2.05, 4.69) is 32.8 Å². The molecule has 3 N–H and O–H groups in total. The van der Waals surface area contributed by atoms with Gasteiger partial charge in [-0.05, 0) is 47.0 Å². The van der Waals surface area contributed by atoms with Crippen LogP contribution in [-0.2, 0) is 0 Å². The minimum Gasteiger partial charge on any atom is -0.370 e. The molecule has 2 atom stereocenters. The zero-order valence-corrected chi connectivity index (χ0v) is 12.4. The summed E-state index contributed by atoms with van der Waals surface area (Å²) in [5.41, 5.74) is 7.73. The first kappa shape index (κ1) is 14.1. The van der Waals surface area contributed by atoms with Gasteiger partial charge in [-0.25, -0.2) is 9.38 Å². The number of hydrogen-bond acceptors (Lipinski definition) is 1. The maximum absolute atomic E-state index is 13.4. The summed E-state index contributed by atoms with van der Waals surface area (Å²) in [6, 6.07) is 5.48. The Hall–Kier alpha value is -1.36. The van der Waals surface area contributed by atoms with Gasteiger partial charge in [-0.2, -0.15) is 0 Å². The highest BCUT2D eigenvalue weighted by atomic mass is 79.9. The van der Waals surface area contributed by atoms with E-state index in [0.29, 0.717) is 22.9 Å². The maximum Gasteiger partial charge on any atom is 0.189 e. The Bertz CT molecular complexity index is 527. The van der Waals surface area contributed by atoms with Crippen LogP contribution in [0.4, 0.5) is 4.39 Å². The molecule has 1 fully saturated rings. The Balaban J connectivity index is 1.92. The minimum atomic E-state index is -0.230. The number of hydrogen-bond donors (Lipinski definition) is 2. The standard InChI is InChI=1S/C14H17BrFN3/c1-8(2)7-18-14(17)19-13-6-10(13)9-3-4-11(15)12(16)5-9/h3-5,10,13H,1,6-7H2,2H3,(H3,17,18,19)/t10-,13+/m0/s1. The number of benzene rings is 1. The largest absolute Gasteiger partial charge is 0.370 e. The molecule has 1 aromatic carbocycles. The summed E-state index contributed by atoms with van der Waals surface area (Å²) in [5.74, 6) is 0.501. The van der Waals surface area contributed by atoms with Gasteiger partial charge in [0.2, 0.25) is 0 Å². The van der Waals surface area contributed by atoms with E-state index in [1.807, 2.05) is 13.0 Å². The summed E-state index contributed by atoms with van der Waals surface area (Å²) in [5, 5.41) is 3.14. The van der Waals surface area contributed by atoms with Gasteiger partial charge >= 0.3 is 0 Å². The zero-order chi connectivity index (χ0) is 14.0. The van der Waals surface area contributed by atoms with Gasteiger partial charge in [-0.3, -0.25) is 0 Å². The number of nitrogens with one attached hydrogen (secondary N) is 1. The van der Waals surface area contributed by atoms with E-state index in [0.717, 1.165) is 17.6 Å². The van der Waals surface area contributed by atoms with E-state index < -0.39 is 0 Å². The van der Waals surface area contributed by atoms with Crippen LogP contribution in [0.2, 0.25) is 0 Å². The fourth-order valence-corrected chi connectivity index (χ4v) is 2.17. The maximum atomic E-state index is 13.4. The van der Waals surface area contributed by atoms with Crippen LogP contribution in [0.1, 0.15) is 24.8 Å². The van der Waals surface area contributed by atoms with E-state index in [1.165, 1.54) is 0 Å². The van der Waals surface area contributed by atoms with E-state index >= 15 is 0 Å². The van der Waals surface area contributed by atoms with Gasteiger partial charge < -0.3 is 11.1 Å². The molecule has 1 aliphatic carbocycles. The lowest BCUT2D eigenvalue weighted by atomic mass is 10.1. The van der Waals surface area contributed by atoms with Gasteiger partial charge in [0, 0.05) is 12.0 Å². The molecule has 0 bridgehead atoms. The molecule has 0 aliphatic heterocycles. The first-order valence-corrected chi connectivity index (χ1v) is 6.92. The fraction of sp³-hybridized carbons (Fsp3) is 0.357. The van der Waals surface area contributed by atoms with Crippen molar-refractivity contribution >= 4 is 21.9 Å². The van der Waals surface area contributed by atoms with Crippen molar-refractivity contribution in [3.63, 3.8) is 0 Å². The number of nitrogens with zero attached hydrogens (tertiary/aromatic N) is 1. The van der Waals surface area contributed by atoms with Crippen LogP contribution >= 0.6 is 15.9 Å². The molecule has 0 saturated heterocycles. The quantitative estimate of drug-likeness (QED) is 0.508. The van der Waals surface area contributed by atoms with Crippen molar-refractivity contribution in [1.29, 1.82) is 0 Å². The number of halogens is 2. The van der Waals surface area contributed by atoms with Gasteiger partial charge in [-0.15, -0.1) is 0 Å². The van der Waals surface area contributed by atoms with Crippen LogP contribution in [0, 0.1) is 5.82 Å². The first-order valence-electron chi connectivity index (χ1n) is 6.13. The lowest BCUT2D eigenvalue weighted by Crippen LogP contribution is -2.34. The SMILES string of the molecule is C=C(C)CN=C(N)N[C@@H]1C[C@H]1c1ccc(Br)c(F)c1. The van der Waals surface area contributed by atoms with Crippen LogP contribution in [0.25, 0.3) is 0 Å². The number of rotatable bonds is 4. The summed E-state index contributed by atoms with van der Waals surface area (Å²) >= 11 is 3.15. The second-order valence-corrected chi connectivity index (χ2v) is 5.78. The summed E-state index contributed by atoms with van der Waals surface area (Å²) in [6.07, 6.45) is 0.949. The van der Waals surface area contributed by atoms with Crippen molar-refractivity contribution in [3.05, 3.63) is 46.2 Å². The Morgan fingerprint density at radius 2 is 2.37 bits per heavy atom. The summed E-state index contributed by atoms with van der Waals surface area (Å²) < 4.78 is 13.9. The summed E-state index contributed by atoms with van der Waals surface area (Å²) in [7, 11) is 0. The second-order valence-electron chi connectivity index (χ2n) is 4.93. The molecular formula is C14H17BrFN3. The van der Waals surface area contributed by atoms with Gasteiger partial charge in [0.1, 0.15) is 5.82 Å². The summed E-state index contributed by atoms with van der Waals surface area (Å²) in [4.78, 5) is 4.17. The lowest BCUT2D eigenvalue weighted by Gasteiger charge is -2.06. The third-order valence-corrected chi connectivity index (χ3v) is 3.66. The van der Waals surface area contributed by atoms with Crippen molar-refractivity contribution in [3.8, 4) is 0 Å². The molecule has 19 heavy (non-hydrogen) atoms. The molecule has 5 heteroatoms. The highest BCUT2D eigenvalue weighted by Gasteiger charge is 2.39. The second kappa shape index (κ2) is 5.74. The van der Waals surface area contributed by atoms with E-state index in [4.69, 9.17) is 5.73 Å². The predicted octanol–water partition coefficient (Wildman–Crippen LogP) is 2.92. The number of aliphatic imine (C=N–C) groups is 1. The average Bonchev–Trinajstić information content (AvgIpc) is 3.09. The van der Waals surface area contributed by atoms with Crippen LogP contribution in [0.5, 0.6) is 0 Å². The minimum absolute atomic E-state index is 0.230. The first-order chi connectivity index (χ1) is 8.97. The molecule has 3 nitrogen and oxygen atoms in total. The zero-order valence-electron chi connectivity index (χ0n) is 10.8. The predicted molar refractivity (Wildman–Crippen MR) is 79.7 cm³/mol. The molecule has 0 amide bonds. The molecule has 102 valence electrons. The number of guanidine groups is 1. The highest BCUT2D eigenvalue weighted by Crippen LogP contribution is 2.41. The Kier molecular flexibility index (Phi) is 4.24. The van der Waals surface area contributed by atoms with Crippen molar-refractivity contribution in [2.75, 3.05) is 6.54 Å². The molecule has 0 aromatic heterocycles. The fourth-order valence-electron chi connectivity index (χ4n) is 1.92. The van der Waals surface area contributed by atoms with Gasteiger partial charge in [0.25, 0.3) is 0 Å². The Morgan fingerprint density at radius 1 is 1.63 bits per heavy atom. The molecule has 0 unspecified atom stereocenters. The van der Waals surface area contributed by atoms with Crippen LogP contribution in [-0.4, -0.2) is 18.5 Å². The topological polar surface area (TPSA) is 50.4 Å². The van der Waals surface area contributed by atoms with Gasteiger partial charge in [0.15, 0.2) is 5.96 Å². The third kappa shape index (κ3) is 3.80. The van der Waals surface area contributed by atoms with Crippen molar-refractivity contribution in [1.82, 2.24) is 5.32 Å². The van der Waals surface area contributed by atoms with Crippen molar-refractivity contribution in [2.24, 2.45) is 10.7 Å². The van der Waals surface area contributed by atoms with Crippen molar-refractivity contribution < 1.29 is 4.39 Å². The Labute approximate surface area is 120 Å². The van der Waals surface area contributed by atoms with Gasteiger partial charge in [-0.1, -0.05) is 18.2 Å². The summed E-state index contributed by atoms with van der Waals surface area (Å²) in [6.45, 7) is 6.20. The molecule has 1 aliphatic rings. The van der Waals surface area contributed by atoms with E-state index in [9.17, 15) is 4.39 Å².